The molecule has 0 aliphatic rings. The van der Waals surface area contributed by atoms with Crippen LogP contribution < -0.4 is 10.1 Å². The Hall–Kier alpha value is -2.53. The molecule has 0 bridgehead atoms. The smallest absolute Gasteiger partial charge is 0.341 e. The van der Waals surface area contributed by atoms with Gasteiger partial charge in [0.15, 0.2) is 0 Å². The summed E-state index contributed by atoms with van der Waals surface area (Å²) in [6.45, 7) is 6.13. The molecule has 0 aromatic heterocycles. The number of carbonyl (C=O) groups excluding carboxylic acids is 2. The molecule has 0 heterocycles. The Morgan fingerprint density at radius 1 is 1.15 bits per heavy atom. The molecule has 0 radical (unpaired) electrons. The summed E-state index contributed by atoms with van der Waals surface area (Å²) in [5.74, 6) is -0.166. The van der Waals surface area contributed by atoms with Crippen LogP contribution in [0.3, 0.4) is 0 Å². The van der Waals surface area contributed by atoms with Gasteiger partial charge in [0.1, 0.15) is 11.3 Å². The first-order valence-corrected chi connectivity index (χ1v) is 8.71. The number of methoxy groups -OCH3 is 1. The van der Waals surface area contributed by atoms with E-state index in [4.69, 9.17) is 21.1 Å². The van der Waals surface area contributed by atoms with Crippen LogP contribution in [0.4, 0.5) is 5.69 Å². The van der Waals surface area contributed by atoms with E-state index in [-0.39, 0.29) is 28.8 Å². The summed E-state index contributed by atoms with van der Waals surface area (Å²) in [7, 11) is 1.43. The molecule has 2 aromatic rings. The predicted octanol–water partition coefficient (Wildman–Crippen LogP) is 4.90. The number of hydrogen-bond acceptors (Lipinski definition) is 4. The quantitative estimate of drug-likeness (QED) is 0.729. The topological polar surface area (TPSA) is 64.6 Å². The maximum atomic E-state index is 12.5. The van der Waals surface area contributed by atoms with Gasteiger partial charge in [0.05, 0.1) is 24.4 Å². The molecule has 1 N–H and O–H groups in total. The zero-order valence-corrected chi connectivity index (χ0v) is 16.0. The van der Waals surface area contributed by atoms with Gasteiger partial charge in [-0.3, -0.25) is 4.79 Å². The van der Waals surface area contributed by atoms with Crippen LogP contribution in [0, 0.1) is 0 Å². The molecule has 1 amide bonds. The number of rotatable bonds is 6. The Balaban J connectivity index is 2.25. The molecular formula is C20H22ClNO4. The lowest BCUT2D eigenvalue weighted by atomic mass is 10.0. The van der Waals surface area contributed by atoms with E-state index in [0.29, 0.717) is 17.2 Å². The van der Waals surface area contributed by atoms with Crippen molar-refractivity contribution in [3.8, 4) is 5.75 Å². The van der Waals surface area contributed by atoms with Gasteiger partial charge in [-0.1, -0.05) is 37.6 Å². The largest absolute Gasteiger partial charge is 0.496 e. The summed E-state index contributed by atoms with van der Waals surface area (Å²) in [5, 5.41) is 2.97. The van der Waals surface area contributed by atoms with Crippen molar-refractivity contribution in [1.29, 1.82) is 0 Å². The monoisotopic (exact) mass is 375 g/mol. The lowest BCUT2D eigenvalue weighted by Crippen LogP contribution is -2.13. The fraction of sp³-hybridized carbons (Fsp3) is 0.300. The van der Waals surface area contributed by atoms with E-state index in [1.54, 1.807) is 19.1 Å². The van der Waals surface area contributed by atoms with Crippen molar-refractivity contribution in [1.82, 2.24) is 0 Å². The van der Waals surface area contributed by atoms with Gasteiger partial charge >= 0.3 is 5.97 Å². The van der Waals surface area contributed by atoms with Crippen molar-refractivity contribution in [3.63, 3.8) is 0 Å². The maximum absolute atomic E-state index is 12.5. The van der Waals surface area contributed by atoms with E-state index in [1.165, 1.54) is 19.2 Å². The van der Waals surface area contributed by atoms with Gasteiger partial charge in [0, 0.05) is 11.6 Å². The van der Waals surface area contributed by atoms with E-state index in [2.05, 4.69) is 19.2 Å². The lowest BCUT2D eigenvalue weighted by molar-refractivity contribution is 0.0522. The molecule has 0 fully saturated rings. The first-order chi connectivity index (χ1) is 12.4. The maximum Gasteiger partial charge on any atom is 0.341 e. The zero-order valence-electron chi connectivity index (χ0n) is 15.3. The van der Waals surface area contributed by atoms with Crippen LogP contribution in [0.1, 0.15) is 53.0 Å². The van der Waals surface area contributed by atoms with Crippen LogP contribution in [0.25, 0.3) is 0 Å². The van der Waals surface area contributed by atoms with Gasteiger partial charge in [-0.15, -0.1) is 0 Å². The Kier molecular flexibility index (Phi) is 6.64. The molecule has 2 aromatic carbocycles. The molecule has 0 unspecified atom stereocenters. The van der Waals surface area contributed by atoms with Crippen molar-refractivity contribution in [2.24, 2.45) is 0 Å². The fourth-order valence-electron chi connectivity index (χ4n) is 2.40. The molecule has 2 rings (SSSR count). The summed E-state index contributed by atoms with van der Waals surface area (Å²) in [6, 6.07) is 10.3. The van der Waals surface area contributed by atoms with Crippen LogP contribution in [0.15, 0.2) is 36.4 Å². The van der Waals surface area contributed by atoms with Crippen LogP contribution in [-0.2, 0) is 4.74 Å². The van der Waals surface area contributed by atoms with Crippen molar-refractivity contribution >= 4 is 29.2 Å². The number of nitrogens with one attached hydrogen (secondary N) is 1. The predicted molar refractivity (Wildman–Crippen MR) is 102 cm³/mol. The van der Waals surface area contributed by atoms with Gasteiger partial charge in [-0.05, 0) is 36.6 Å². The number of halogens is 1. The van der Waals surface area contributed by atoms with Gasteiger partial charge in [-0.2, -0.15) is 0 Å². The second-order valence-electron chi connectivity index (χ2n) is 5.98. The molecule has 0 spiro atoms. The minimum atomic E-state index is -0.534. The third-order valence-electron chi connectivity index (χ3n) is 3.87. The zero-order chi connectivity index (χ0) is 19.3. The van der Waals surface area contributed by atoms with E-state index in [1.807, 2.05) is 12.1 Å². The second-order valence-corrected chi connectivity index (χ2v) is 6.39. The van der Waals surface area contributed by atoms with Crippen LogP contribution >= 0.6 is 11.6 Å². The molecule has 0 atom stereocenters. The highest BCUT2D eigenvalue weighted by Gasteiger charge is 2.18. The van der Waals surface area contributed by atoms with Crippen LogP contribution in [-0.4, -0.2) is 25.6 Å². The number of ether oxygens (including phenoxy) is 2. The standard InChI is InChI=1S/C20H22ClNO4/c1-5-26-20(24)15-10-16(21)17(11-18(15)25-4)22-19(23)14-8-6-13(7-9-14)12(2)3/h6-12H,5H2,1-4H3,(H,22,23). The summed E-state index contributed by atoms with van der Waals surface area (Å²) in [6.07, 6.45) is 0. The SMILES string of the molecule is CCOC(=O)c1cc(Cl)c(NC(=O)c2ccc(C(C)C)cc2)cc1OC. The van der Waals surface area contributed by atoms with Crippen LogP contribution in [0.5, 0.6) is 5.75 Å². The molecule has 26 heavy (non-hydrogen) atoms. The normalized spacial score (nSPS) is 10.5. The minimum absolute atomic E-state index is 0.207. The Morgan fingerprint density at radius 3 is 2.35 bits per heavy atom. The second kappa shape index (κ2) is 8.72. The van der Waals surface area contributed by atoms with E-state index in [9.17, 15) is 9.59 Å². The number of esters is 1. The highest BCUT2D eigenvalue weighted by atomic mass is 35.5. The summed E-state index contributed by atoms with van der Waals surface area (Å²) >= 11 is 6.22. The van der Waals surface area contributed by atoms with E-state index < -0.39 is 5.97 Å². The minimum Gasteiger partial charge on any atom is -0.496 e. The highest BCUT2D eigenvalue weighted by molar-refractivity contribution is 6.34. The van der Waals surface area contributed by atoms with E-state index >= 15 is 0 Å². The molecule has 138 valence electrons. The average Bonchev–Trinajstić information content (AvgIpc) is 2.63. The van der Waals surface area contributed by atoms with Crippen molar-refractivity contribution in [2.45, 2.75) is 26.7 Å². The van der Waals surface area contributed by atoms with Gasteiger partial charge in [0.2, 0.25) is 0 Å². The molecule has 0 saturated carbocycles. The Bertz CT molecular complexity index is 800. The molecule has 5 nitrogen and oxygen atoms in total. The number of benzene rings is 2. The lowest BCUT2D eigenvalue weighted by Gasteiger charge is -2.13. The van der Waals surface area contributed by atoms with Gasteiger partial charge in [-0.25, -0.2) is 4.79 Å². The van der Waals surface area contributed by atoms with Crippen molar-refractivity contribution < 1.29 is 19.1 Å². The average molecular weight is 376 g/mol. The van der Waals surface area contributed by atoms with Crippen LogP contribution in [0.2, 0.25) is 5.02 Å². The Morgan fingerprint density at radius 2 is 1.81 bits per heavy atom. The van der Waals surface area contributed by atoms with Gasteiger partial charge < -0.3 is 14.8 Å². The fourth-order valence-corrected chi connectivity index (χ4v) is 2.61. The molecule has 0 saturated heterocycles. The third kappa shape index (κ3) is 4.55. The first-order valence-electron chi connectivity index (χ1n) is 8.33. The van der Waals surface area contributed by atoms with E-state index in [0.717, 1.165) is 5.56 Å². The number of anilines is 1. The summed E-state index contributed by atoms with van der Waals surface area (Å²) < 4.78 is 10.2. The number of hydrogen-bond donors (Lipinski definition) is 1. The summed E-state index contributed by atoms with van der Waals surface area (Å²) in [4.78, 5) is 24.4. The van der Waals surface area contributed by atoms with Crippen molar-refractivity contribution in [2.75, 3.05) is 19.0 Å². The molecular weight excluding hydrogens is 354 g/mol. The van der Waals surface area contributed by atoms with Crippen molar-refractivity contribution in [3.05, 3.63) is 58.1 Å². The Labute approximate surface area is 158 Å². The molecule has 6 heteroatoms. The highest BCUT2D eigenvalue weighted by Crippen LogP contribution is 2.32. The summed E-state index contributed by atoms with van der Waals surface area (Å²) in [5.41, 5.74) is 2.23. The first kappa shape index (κ1) is 19.8. The van der Waals surface area contributed by atoms with Gasteiger partial charge in [0.25, 0.3) is 5.91 Å². The molecule has 0 aliphatic heterocycles. The number of amides is 1. The molecule has 0 aliphatic carbocycles. The number of carbonyl (C=O) groups is 2. The third-order valence-corrected chi connectivity index (χ3v) is 4.18.